The van der Waals surface area contributed by atoms with Gasteiger partial charge in [-0.15, -0.1) is 0 Å². The van der Waals surface area contributed by atoms with E-state index in [1.54, 1.807) is 4.90 Å². The highest BCUT2D eigenvalue weighted by molar-refractivity contribution is 6.28. The summed E-state index contributed by atoms with van der Waals surface area (Å²) in [5.41, 5.74) is -1.52. The van der Waals surface area contributed by atoms with E-state index in [-0.39, 0.29) is 46.2 Å². The van der Waals surface area contributed by atoms with Gasteiger partial charge in [0.15, 0.2) is 34.9 Å². The number of ether oxygens (including phenoxy) is 1. The van der Waals surface area contributed by atoms with Gasteiger partial charge in [-0.1, -0.05) is 0 Å². The zero-order valence-corrected chi connectivity index (χ0v) is 22.6. The Morgan fingerprint density at radius 2 is 1.90 bits per heavy atom. The van der Waals surface area contributed by atoms with E-state index in [9.17, 15) is 28.2 Å². The van der Waals surface area contributed by atoms with Crippen molar-refractivity contribution >= 4 is 51.7 Å². The van der Waals surface area contributed by atoms with Crippen LogP contribution in [0.4, 0.5) is 25.0 Å². The van der Waals surface area contributed by atoms with Crippen LogP contribution in [-0.2, 0) is 22.3 Å². The Kier molecular flexibility index (Phi) is 7.62. The molecule has 0 spiro atoms. The molecule has 4 atom stereocenters. The van der Waals surface area contributed by atoms with Gasteiger partial charge in [-0.05, 0) is 31.5 Å². The van der Waals surface area contributed by atoms with Crippen LogP contribution in [-0.4, -0.2) is 84.1 Å². The van der Waals surface area contributed by atoms with Crippen molar-refractivity contribution in [2.45, 2.75) is 51.1 Å². The van der Waals surface area contributed by atoms with Crippen LogP contribution in [0.3, 0.4) is 0 Å². The van der Waals surface area contributed by atoms with Crippen LogP contribution >= 0.6 is 11.6 Å². The molecule has 220 valence electrons. The number of rotatable bonds is 8. The molecule has 5 heterocycles. The first-order valence-corrected chi connectivity index (χ1v) is 12.8. The molecule has 4 aromatic rings. The molecule has 4 aromatic heterocycles. The number of imidazole rings is 1. The van der Waals surface area contributed by atoms with Gasteiger partial charge in [0.05, 0.1) is 18.6 Å². The normalized spacial score (nSPS) is 21.1. The van der Waals surface area contributed by atoms with Crippen molar-refractivity contribution < 1.29 is 37.3 Å². The van der Waals surface area contributed by atoms with Crippen molar-refractivity contribution in [2.75, 3.05) is 30.4 Å². The number of nitrogens with zero attached hydrogens (tertiary/aromatic N) is 7. The number of hydrogen-bond acceptors (Lipinski definition) is 12. The summed E-state index contributed by atoms with van der Waals surface area (Å²) in [6, 6.07) is 0.886. The molecule has 0 aromatic carbocycles. The molecule has 1 amide bonds. The summed E-state index contributed by atoms with van der Waals surface area (Å²) in [5, 5.41) is 25.8. The SMILES string of the molecule is CCN(CC)c1nc2nc(CNc3nc(Cl)nc4c3ncn4[C@@H]3O[C@H](C(=O)NC)[C@@H](O)[C@H]3O)cc(C(F)(F)F)c2o1. The minimum absolute atomic E-state index is 0.0161. The Labute approximate surface area is 234 Å². The Balaban J connectivity index is 1.47. The van der Waals surface area contributed by atoms with Crippen LogP contribution in [0.15, 0.2) is 16.8 Å². The van der Waals surface area contributed by atoms with Crippen molar-refractivity contribution in [1.29, 1.82) is 0 Å². The van der Waals surface area contributed by atoms with Crippen LogP contribution in [0.2, 0.25) is 5.28 Å². The highest BCUT2D eigenvalue weighted by Crippen LogP contribution is 2.37. The van der Waals surface area contributed by atoms with Gasteiger partial charge in [0.2, 0.25) is 10.9 Å². The first kappa shape index (κ1) is 28.7. The number of aromatic nitrogens is 6. The number of alkyl halides is 3. The molecule has 5 rings (SSSR count). The average Bonchev–Trinajstić information content (AvgIpc) is 3.62. The molecule has 1 saturated heterocycles. The van der Waals surface area contributed by atoms with Crippen LogP contribution in [0, 0.1) is 0 Å². The maximum absolute atomic E-state index is 13.9. The molecule has 14 nitrogen and oxygen atoms in total. The first-order chi connectivity index (χ1) is 19.5. The summed E-state index contributed by atoms with van der Waals surface area (Å²) in [5.74, 6) is -0.591. The number of anilines is 2. The lowest BCUT2D eigenvalue weighted by Gasteiger charge is -2.16. The molecular weight excluding hydrogens is 575 g/mol. The third-order valence-corrected chi connectivity index (χ3v) is 6.76. The summed E-state index contributed by atoms with van der Waals surface area (Å²) >= 11 is 6.12. The van der Waals surface area contributed by atoms with E-state index in [1.165, 1.54) is 17.9 Å². The second-order valence-corrected chi connectivity index (χ2v) is 9.38. The number of carbonyl (C=O) groups excluding carboxylic acids is 1. The fourth-order valence-corrected chi connectivity index (χ4v) is 4.67. The number of hydrogen-bond donors (Lipinski definition) is 4. The molecule has 4 N–H and O–H groups in total. The predicted molar refractivity (Wildman–Crippen MR) is 138 cm³/mol. The summed E-state index contributed by atoms with van der Waals surface area (Å²) in [6.07, 6.45) is -9.14. The smallest absolute Gasteiger partial charge is 0.420 e. The lowest BCUT2D eigenvalue weighted by Crippen LogP contribution is -2.41. The number of carbonyl (C=O) groups is 1. The molecule has 0 saturated carbocycles. The number of nitrogens with one attached hydrogen (secondary N) is 2. The minimum Gasteiger partial charge on any atom is -0.421 e. The highest BCUT2D eigenvalue weighted by Gasteiger charge is 2.47. The average molecular weight is 600 g/mol. The fraction of sp³-hybridized carbons (Fsp3) is 0.478. The van der Waals surface area contributed by atoms with Gasteiger partial charge in [0.25, 0.3) is 11.9 Å². The number of likely N-dealkylation sites (N-methyl/N-ethyl adjacent to an activating group) is 1. The van der Waals surface area contributed by atoms with Crippen LogP contribution in [0.25, 0.3) is 22.4 Å². The Morgan fingerprint density at radius 1 is 1.17 bits per heavy atom. The van der Waals surface area contributed by atoms with Crippen LogP contribution in [0.1, 0.15) is 31.3 Å². The second-order valence-electron chi connectivity index (χ2n) is 9.04. The number of fused-ring (bicyclic) bond motifs is 2. The van der Waals surface area contributed by atoms with Crippen molar-refractivity contribution in [3.05, 3.63) is 28.9 Å². The molecule has 0 radical (unpaired) electrons. The van der Waals surface area contributed by atoms with Crippen LogP contribution < -0.4 is 15.5 Å². The zero-order chi connectivity index (χ0) is 29.6. The summed E-state index contributed by atoms with van der Waals surface area (Å²) < 4.78 is 54.1. The van der Waals surface area contributed by atoms with Gasteiger partial charge in [-0.2, -0.15) is 28.1 Å². The molecule has 18 heteroatoms. The zero-order valence-electron chi connectivity index (χ0n) is 21.8. The van der Waals surface area contributed by atoms with Crippen molar-refractivity contribution in [3.63, 3.8) is 0 Å². The lowest BCUT2D eigenvalue weighted by atomic mass is 10.1. The van der Waals surface area contributed by atoms with Crippen molar-refractivity contribution in [2.24, 2.45) is 0 Å². The van der Waals surface area contributed by atoms with Gasteiger partial charge >= 0.3 is 6.18 Å². The number of aliphatic hydroxyl groups excluding tert-OH is 2. The van der Waals surface area contributed by atoms with Gasteiger partial charge in [0, 0.05) is 20.1 Å². The quantitative estimate of drug-likeness (QED) is 0.217. The molecule has 0 unspecified atom stereocenters. The molecule has 41 heavy (non-hydrogen) atoms. The van der Waals surface area contributed by atoms with E-state index < -0.39 is 47.8 Å². The predicted octanol–water partition coefficient (Wildman–Crippen LogP) is 1.86. The highest BCUT2D eigenvalue weighted by atomic mass is 35.5. The van der Waals surface area contributed by atoms with Gasteiger partial charge in [0.1, 0.15) is 17.8 Å². The van der Waals surface area contributed by atoms with Crippen molar-refractivity contribution in [3.8, 4) is 0 Å². The Bertz CT molecular complexity index is 1590. The van der Waals surface area contributed by atoms with E-state index >= 15 is 0 Å². The molecule has 1 aliphatic rings. The second kappa shape index (κ2) is 10.9. The minimum atomic E-state index is -4.74. The molecule has 0 bridgehead atoms. The summed E-state index contributed by atoms with van der Waals surface area (Å²) in [7, 11) is 1.35. The largest absolute Gasteiger partial charge is 0.421 e. The van der Waals surface area contributed by atoms with Crippen LogP contribution in [0.5, 0.6) is 0 Å². The topological polar surface area (TPSA) is 177 Å². The molecule has 0 aliphatic carbocycles. The lowest BCUT2D eigenvalue weighted by molar-refractivity contribution is -0.137. The Morgan fingerprint density at radius 3 is 2.56 bits per heavy atom. The van der Waals surface area contributed by atoms with Gasteiger partial charge in [-0.25, -0.2) is 9.97 Å². The molecule has 1 aliphatic heterocycles. The van der Waals surface area contributed by atoms with Gasteiger partial charge in [-0.3, -0.25) is 9.36 Å². The Hall–Kier alpha value is -3.80. The fourth-order valence-electron chi connectivity index (χ4n) is 4.51. The summed E-state index contributed by atoms with van der Waals surface area (Å²) in [6.45, 7) is 4.36. The standard InChI is InChI=1S/C23H25ClF3N9O5/c1-4-35(5-2)22-33-17-14(41-22)10(23(25,26)27)6-9(31-17)7-29-16-11-18(34-21(24)32-16)36(8-30-11)20-13(38)12(37)15(40-20)19(39)28-3/h6,8,12-13,15,20,37-38H,4-5,7H2,1-3H3,(H,28,39)(H,29,32,34)/t12-,13+,15-,20+/m0/s1. The van der Waals surface area contributed by atoms with E-state index in [0.29, 0.717) is 13.1 Å². The molecule has 1 fully saturated rings. The monoisotopic (exact) mass is 599 g/mol. The maximum Gasteiger partial charge on any atom is 0.420 e. The number of pyridine rings is 1. The maximum atomic E-state index is 13.9. The van der Waals surface area contributed by atoms with E-state index in [2.05, 4.69) is 35.6 Å². The van der Waals surface area contributed by atoms with E-state index in [4.69, 9.17) is 20.8 Å². The first-order valence-electron chi connectivity index (χ1n) is 12.5. The number of halogens is 4. The molecular formula is C23H25ClF3N9O5. The number of aliphatic hydroxyl groups is 2. The number of amides is 1. The van der Waals surface area contributed by atoms with E-state index in [0.717, 1.165) is 6.07 Å². The van der Waals surface area contributed by atoms with Gasteiger partial charge < -0.3 is 34.9 Å². The van der Waals surface area contributed by atoms with Crippen molar-refractivity contribution in [1.82, 2.24) is 34.8 Å². The summed E-state index contributed by atoms with van der Waals surface area (Å²) in [4.78, 5) is 34.5. The number of oxazole rings is 1. The third-order valence-electron chi connectivity index (χ3n) is 6.59. The third kappa shape index (κ3) is 5.20. The van der Waals surface area contributed by atoms with E-state index in [1.807, 2.05) is 13.8 Å².